The third-order valence-electron chi connectivity index (χ3n) is 8.49. The van der Waals surface area contributed by atoms with Crippen molar-refractivity contribution in [3.05, 3.63) is 41.6 Å². The Morgan fingerprint density at radius 2 is 1.81 bits per heavy atom. The summed E-state index contributed by atoms with van der Waals surface area (Å²) in [6.07, 6.45) is 0.458. The van der Waals surface area contributed by atoms with Gasteiger partial charge in [-0.15, -0.1) is 0 Å². The molecule has 3 atom stereocenters. The van der Waals surface area contributed by atoms with Crippen LogP contribution < -0.4 is 16.0 Å². The number of carbonyl (C=O) groups is 2. The van der Waals surface area contributed by atoms with E-state index in [4.69, 9.17) is 4.74 Å². The molecule has 10 nitrogen and oxygen atoms in total. The van der Waals surface area contributed by atoms with Crippen LogP contribution >= 0.6 is 0 Å². The number of nitrogens with one attached hydrogen (secondary N) is 3. The number of piperidine rings is 1. The van der Waals surface area contributed by atoms with Crippen molar-refractivity contribution >= 4 is 29.3 Å². The van der Waals surface area contributed by atoms with Gasteiger partial charge in [0.2, 0.25) is 11.9 Å². The van der Waals surface area contributed by atoms with E-state index in [-0.39, 0.29) is 35.7 Å². The molecule has 3 fully saturated rings. The van der Waals surface area contributed by atoms with Gasteiger partial charge in [-0.05, 0) is 76.5 Å². The maximum absolute atomic E-state index is 13.9. The number of nitrogens with zero attached hydrogens (tertiary/aromatic N) is 4. The van der Waals surface area contributed by atoms with Gasteiger partial charge >= 0.3 is 6.18 Å². The van der Waals surface area contributed by atoms with Gasteiger partial charge in [-0.1, -0.05) is 6.42 Å². The van der Waals surface area contributed by atoms with Crippen molar-refractivity contribution in [2.75, 3.05) is 51.0 Å². The molecule has 3 heterocycles. The molecule has 1 aromatic heterocycles. The van der Waals surface area contributed by atoms with Crippen LogP contribution in [0.15, 0.2) is 30.5 Å². The second kappa shape index (κ2) is 12.8. The van der Waals surface area contributed by atoms with Crippen molar-refractivity contribution in [1.82, 2.24) is 25.1 Å². The molecule has 0 bridgehead atoms. The number of likely N-dealkylation sites (tertiary alicyclic amines) is 1. The lowest BCUT2D eigenvalue weighted by Gasteiger charge is -2.35. The van der Waals surface area contributed by atoms with Crippen molar-refractivity contribution in [2.45, 2.75) is 62.8 Å². The highest BCUT2D eigenvalue weighted by molar-refractivity contribution is 5.94. The Morgan fingerprint density at radius 1 is 1.07 bits per heavy atom. The predicted octanol–water partition coefficient (Wildman–Crippen LogP) is 3.89. The van der Waals surface area contributed by atoms with E-state index in [0.717, 1.165) is 38.5 Å². The summed E-state index contributed by atoms with van der Waals surface area (Å²) >= 11 is 0. The van der Waals surface area contributed by atoms with E-state index in [1.54, 1.807) is 29.2 Å². The largest absolute Gasteiger partial charge is 0.421 e. The summed E-state index contributed by atoms with van der Waals surface area (Å²) in [5.74, 6) is -1.15. The van der Waals surface area contributed by atoms with E-state index in [9.17, 15) is 22.8 Å². The molecule has 2 aromatic rings. The number of rotatable bonds is 8. The van der Waals surface area contributed by atoms with Gasteiger partial charge in [-0.2, -0.15) is 18.2 Å². The highest BCUT2D eigenvalue weighted by Gasteiger charge is 2.39. The lowest BCUT2D eigenvalue weighted by Crippen LogP contribution is -2.44. The van der Waals surface area contributed by atoms with Crippen LogP contribution in [-0.2, 0) is 15.7 Å². The first-order valence-corrected chi connectivity index (χ1v) is 14.5. The zero-order valence-corrected chi connectivity index (χ0v) is 23.9. The SMILES string of the molecule is CN1CCC(N(C)C(=O)c2ccc(Nc3ncc(C(F)(F)F)c(N[C@@H]4CCC[C@@H]4C(=O)NC4CCOC4)n3)cc2)CC1. The van der Waals surface area contributed by atoms with Crippen molar-refractivity contribution in [3.8, 4) is 0 Å². The van der Waals surface area contributed by atoms with Gasteiger partial charge in [-0.3, -0.25) is 9.59 Å². The second-order valence-electron chi connectivity index (χ2n) is 11.5. The Labute approximate surface area is 243 Å². The lowest BCUT2D eigenvalue weighted by molar-refractivity contribution is -0.137. The summed E-state index contributed by atoms with van der Waals surface area (Å²) in [6, 6.07) is 6.31. The molecule has 2 amide bonds. The molecular formula is C29H38F3N7O3. The fourth-order valence-corrected chi connectivity index (χ4v) is 5.92. The minimum absolute atomic E-state index is 0.0323. The molecule has 1 aliphatic carbocycles. The smallest absolute Gasteiger partial charge is 0.379 e. The maximum Gasteiger partial charge on any atom is 0.421 e. The molecule has 0 spiro atoms. The summed E-state index contributed by atoms with van der Waals surface area (Å²) < 4.78 is 46.9. The van der Waals surface area contributed by atoms with Gasteiger partial charge in [0.05, 0.1) is 18.6 Å². The van der Waals surface area contributed by atoms with Crippen LogP contribution in [0.25, 0.3) is 0 Å². The first-order valence-electron chi connectivity index (χ1n) is 14.5. The topological polar surface area (TPSA) is 112 Å². The molecule has 2 aliphatic heterocycles. The Bertz CT molecular complexity index is 1250. The van der Waals surface area contributed by atoms with Crippen molar-refractivity contribution < 1.29 is 27.5 Å². The number of hydrogen-bond acceptors (Lipinski definition) is 8. The lowest BCUT2D eigenvalue weighted by atomic mass is 10.0. The molecule has 1 aromatic carbocycles. The molecule has 228 valence electrons. The highest BCUT2D eigenvalue weighted by atomic mass is 19.4. The predicted molar refractivity (Wildman–Crippen MR) is 151 cm³/mol. The molecule has 2 saturated heterocycles. The molecular weight excluding hydrogens is 551 g/mol. The summed E-state index contributed by atoms with van der Waals surface area (Å²) in [6.45, 7) is 2.91. The van der Waals surface area contributed by atoms with Gasteiger partial charge in [0.15, 0.2) is 0 Å². The van der Waals surface area contributed by atoms with Crippen LogP contribution in [-0.4, -0.2) is 90.1 Å². The van der Waals surface area contributed by atoms with Gasteiger partial charge in [0, 0.05) is 43.2 Å². The third-order valence-corrected chi connectivity index (χ3v) is 8.49. The Kier molecular flexibility index (Phi) is 9.16. The van der Waals surface area contributed by atoms with Gasteiger partial charge in [0.25, 0.3) is 5.91 Å². The number of halogens is 3. The van der Waals surface area contributed by atoms with Crippen LogP contribution in [0.2, 0.25) is 0 Å². The van der Waals surface area contributed by atoms with Crippen molar-refractivity contribution in [2.24, 2.45) is 5.92 Å². The van der Waals surface area contributed by atoms with E-state index in [0.29, 0.717) is 43.7 Å². The van der Waals surface area contributed by atoms with Crippen LogP contribution in [0, 0.1) is 5.92 Å². The molecule has 0 radical (unpaired) electrons. The Hall–Kier alpha value is -3.45. The minimum Gasteiger partial charge on any atom is -0.379 e. The number of amides is 2. The van der Waals surface area contributed by atoms with Crippen LogP contribution in [0.5, 0.6) is 0 Å². The van der Waals surface area contributed by atoms with E-state index >= 15 is 0 Å². The van der Waals surface area contributed by atoms with Gasteiger partial charge in [-0.25, -0.2) is 4.98 Å². The number of alkyl halides is 3. The maximum atomic E-state index is 13.9. The summed E-state index contributed by atoms with van der Waals surface area (Å²) in [5, 5.41) is 8.82. The van der Waals surface area contributed by atoms with E-state index in [1.807, 2.05) is 7.05 Å². The van der Waals surface area contributed by atoms with Crippen LogP contribution in [0.3, 0.4) is 0 Å². The normalized spacial score (nSPS) is 23.5. The summed E-state index contributed by atoms with van der Waals surface area (Å²) in [5.41, 5.74) is 0.0460. The van der Waals surface area contributed by atoms with Crippen molar-refractivity contribution in [3.63, 3.8) is 0 Å². The Morgan fingerprint density at radius 3 is 2.48 bits per heavy atom. The molecule has 13 heteroatoms. The monoisotopic (exact) mass is 589 g/mol. The van der Waals surface area contributed by atoms with Crippen LogP contribution in [0.1, 0.15) is 54.4 Å². The number of benzene rings is 1. The van der Waals surface area contributed by atoms with Crippen LogP contribution in [0.4, 0.5) is 30.6 Å². The molecule has 1 unspecified atom stereocenters. The fraction of sp³-hybridized carbons (Fsp3) is 0.586. The number of anilines is 3. The fourth-order valence-electron chi connectivity index (χ4n) is 5.92. The number of ether oxygens (including phenoxy) is 1. The first kappa shape index (κ1) is 30.0. The van der Waals surface area contributed by atoms with Gasteiger partial charge < -0.3 is 30.5 Å². The zero-order chi connectivity index (χ0) is 29.9. The van der Waals surface area contributed by atoms with E-state index < -0.39 is 23.7 Å². The summed E-state index contributed by atoms with van der Waals surface area (Å²) in [4.78, 5) is 38.0. The standard InChI is InChI=1S/C29H38F3N7O3/c1-38-13-10-21(11-14-38)39(2)27(41)18-6-8-19(9-7-18)35-28-33-16-23(29(30,31)32)25(37-28)36-24-5-3-4-22(24)26(40)34-20-12-15-42-17-20/h6-9,16,20-22,24H,3-5,10-15,17H2,1-2H3,(H,34,40)(H2,33,35,36,37)/t20?,22-,24+/m0/s1. The molecule has 3 N–H and O–H groups in total. The molecule has 5 rings (SSSR count). The number of hydrogen-bond donors (Lipinski definition) is 3. The van der Waals surface area contributed by atoms with Crippen molar-refractivity contribution in [1.29, 1.82) is 0 Å². The quantitative estimate of drug-likeness (QED) is 0.426. The Balaban J connectivity index is 1.27. The van der Waals surface area contributed by atoms with E-state index in [1.165, 1.54) is 0 Å². The highest BCUT2D eigenvalue weighted by Crippen LogP contribution is 2.37. The summed E-state index contributed by atoms with van der Waals surface area (Å²) in [7, 11) is 3.89. The third kappa shape index (κ3) is 7.12. The van der Waals surface area contributed by atoms with E-state index in [2.05, 4.69) is 37.9 Å². The zero-order valence-electron chi connectivity index (χ0n) is 23.9. The average Bonchev–Trinajstić information content (AvgIpc) is 3.65. The number of carbonyl (C=O) groups excluding carboxylic acids is 2. The minimum atomic E-state index is -4.68. The first-order chi connectivity index (χ1) is 20.1. The molecule has 3 aliphatic rings. The molecule has 42 heavy (non-hydrogen) atoms. The molecule has 1 saturated carbocycles. The number of aromatic nitrogens is 2. The average molecular weight is 590 g/mol. The van der Waals surface area contributed by atoms with Gasteiger partial charge in [0.1, 0.15) is 11.4 Å². The second-order valence-corrected chi connectivity index (χ2v) is 11.5.